The van der Waals surface area contributed by atoms with Crippen LogP contribution in [0.5, 0.6) is 0 Å². The number of thiazole rings is 1. The maximum absolute atomic E-state index is 14.5. The number of fused-ring (bicyclic) bond motifs is 2. The van der Waals surface area contributed by atoms with Gasteiger partial charge in [-0.05, 0) is 51.1 Å². The van der Waals surface area contributed by atoms with Gasteiger partial charge in [0, 0.05) is 27.8 Å². The summed E-state index contributed by atoms with van der Waals surface area (Å²) in [6.07, 6.45) is 0.150. The number of carbonyl (C=O) groups excluding carboxylic acids is 1. The Labute approximate surface area is 256 Å². The van der Waals surface area contributed by atoms with Gasteiger partial charge in [-0.15, -0.1) is 11.3 Å². The van der Waals surface area contributed by atoms with Gasteiger partial charge in [0.15, 0.2) is 17.5 Å². The molecule has 15 heteroatoms. The largest absolute Gasteiger partial charge is 0.481 e. The normalized spacial score (nSPS) is 16.4. The maximum atomic E-state index is 14.5. The Morgan fingerprint density at radius 3 is 2.61 bits per heavy atom. The fraction of sp³-hybridized carbons (Fsp3) is 0.241. The van der Waals surface area contributed by atoms with Crippen LogP contribution in [0.4, 0.5) is 24.8 Å². The third-order valence-electron chi connectivity index (χ3n) is 7.68. The zero-order valence-corrected chi connectivity index (χ0v) is 24.9. The van der Waals surface area contributed by atoms with Crippen LogP contribution in [0.25, 0.3) is 22.4 Å². The molecule has 0 bridgehead atoms. The molecule has 5 aromatic rings. The van der Waals surface area contributed by atoms with Crippen LogP contribution < -0.4 is 11.1 Å². The molecule has 0 unspecified atom stereocenters. The fourth-order valence-corrected chi connectivity index (χ4v) is 6.31. The lowest BCUT2D eigenvalue weighted by Crippen LogP contribution is -2.33. The van der Waals surface area contributed by atoms with Crippen molar-refractivity contribution in [3.8, 4) is 11.5 Å². The highest BCUT2D eigenvalue weighted by atomic mass is 35.5. The van der Waals surface area contributed by atoms with E-state index < -0.39 is 52.3 Å². The predicted molar refractivity (Wildman–Crippen MR) is 158 cm³/mol. The number of nitrogens with one attached hydrogen (secondary N) is 1. The lowest BCUT2D eigenvalue weighted by atomic mass is 9.85. The number of nitrogen functional groups attached to an aromatic ring is 1. The summed E-state index contributed by atoms with van der Waals surface area (Å²) in [4.78, 5) is 38.6. The molecule has 0 aliphatic carbocycles. The smallest absolute Gasteiger partial charge is 0.309 e. The zero-order valence-electron chi connectivity index (χ0n) is 23.4. The standard InChI is InChI=1S/C29H23ClF3N7O3S/c1-28(2,27(42)43)9-13-11-44-26(35-13)29(3)19-22(34)36-24(37-23(19)38-25(29)41)21-14-5-4-12(30)8-18(14)40(39-21)10-15-16(31)6-7-17(32)20(15)33/h4-8,11H,9-10H2,1-3H3,(H,42,43)(H3,34,36,37,38,41)/t29-/m0/s1. The second-order valence-electron chi connectivity index (χ2n) is 11.2. The van der Waals surface area contributed by atoms with Crippen molar-refractivity contribution in [1.29, 1.82) is 0 Å². The number of carboxylic acids is 1. The van der Waals surface area contributed by atoms with E-state index in [2.05, 4.69) is 25.4 Å². The molecule has 2 aromatic carbocycles. The molecular formula is C29H23ClF3N7O3S. The number of nitrogens with two attached hydrogens (primary N) is 1. The van der Waals surface area contributed by atoms with E-state index in [-0.39, 0.29) is 29.6 Å². The van der Waals surface area contributed by atoms with Gasteiger partial charge in [-0.25, -0.2) is 28.1 Å². The van der Waals surface area contributed by atoms with Crippen molar-refractivity contribution >= 4 is 57.4 Å². The summed E-state index contributed by atoms with van der Waals surface area (Å²) < 4.78 is 44.2. The minimum Gasteiger partial charge on any atom is -0.481 e. The van der Waals surface area contributed by atoms with E-state index in [0.29, 0.717) is 38.3 Å². The van der Waals surface area contributed by atoms with Gasteiger partial charge in [-0.2, -0.15) is 5.10 Å². The fourth-order valence-electron chi connectivity index (χ4n) is 5.16. The van der Waals surface area contributed by atoms with Crippen LogP contribution in [0.3, 0.4) is 0 Å². The summed E-state index contributed by atoms with van der Waals surface area (Å²) in [6, 6.07) is 6.27. The number of aromatic nitrogens is 5. The molecule has 226 valence electrons. The van der Waals surface area contributed by atoms with Crippen LogP contribution in [-0.2, 0) is 28.0 Å². The highest BCUT2D eigenvalue weighted by molar-refractivity contribution is 7.10. The monoisotopic (exact) mass is 641 g/mol. The van der Waals surface area contributed by atoms with Crippen molar-refractivity contribution in [3.05, 3.63) is 80.0 Å². The third kappa shape index (κ3) is 4.65. The number of aliphatic carboxylic acids is 1. The number of hydrogen-bond donors (Lipinski definition) is 3. The van der Waals surface area contributed by atoms with Gasteiger partial charge in [-0.3, -0.25) is 14.3 Å². The first-order valence-corrected chi connectivity index (χ1v) is 14.4. The van der Waals surface area contributed by atoms with E-state index in [0.717, 1.165) is 6.07 Å². The van der Waals surface area contributed by atoms with E-state index in [1.165, 1.54) is 22.1 Å². The van der Waals surface area contributed by atoms with Crippen molar-refractivity contribution in [2.24, 2.45) is 5.41 Å². The van der Waals surface area contributed by atoms with Gasteiger partial charge in [0.05, 0.1) is 28.7 Å². The molecule has 6 rings (SSSR count). The number of halogens is 4. The summed E-state index contributed by atoms with van der Waals surface area (Å²) in [5.41, 5.74) is 4.83. The van der Waals surface area contributed by atoms with Crippen molar-refractivity contribution in [1.82, 2.24) is 24.7 Å². The molecule has 4 N–H and O–H groups in total. The highest BCUT2D eigenvalue weighted by Crippen LogP contribution is 2.46. The Morgan fingerprint density at radius 2 is 1.89 bits per heavy atom. The van der Waals surface area contributed by atoms with Gasteiger partial charge in [-0.1, -0.05) is 11.6 Å². The van der Waals surface area contributed by atoms with Gasteiger partial charge in [0.2, 0.25) is 5.91 Å². The number of benzene rings is 2. The molecule has 0 saturated carbocycles. The number of rotatable bonds is 7. The topological polar surface area (TPSA) is 149 Å². The van der Waals surface area contributed by atoms with Crippen LogP contribution in [0, 0.1) is 22.9 Å². The SMILES string of the molecule is CC(C)(Cc1csc([C@]2(C)C(=O)Nc3nc(-c4nn(Cc5c(F)ccc(F)c5F)c5cc(Cl)ccc45)nc(N)c32)n1)C(=O)O. The molecule has 1 aliphatic rings. The number of amides is 1. The van der Waals surface area contributed by atoms with Crippen molar-refractivity contribution in [2.45, 2.75) is 39.2 Å². The average molecular weight is 642 g/mol. The first-order chi connectivity index (χ1) is 20.7. The van der Waals surface area contributed by atoms with Gasteiger partial charge < -0.3 is 16.2 Å². The van der Waals surface area contributed by atoms with E-state index in [1.54, 1.807) is 38.3 Å². The first-order valence-electron chi connectivity index (χ1n) is 13.2. The molecule has 10 nitrogen and oxygen atoms in total. The van der Waals surface area contributed by atoms with Crippen molar-refractivity contribution < 1.29 is 27.9 Å². The molecule has 3 aromatic heterocycles. The highest BCUT2D eigenvalue weighted by Gasteiger charge is 2.50. The summed E-state index contributed by atoms with van der Waals surface area (Å²) in [5.74, 6) is -4.82. The van der Waals surface area contributed by atoms with Gasteiger partial charge >= 0.3 is 5.97 Å². The number of anilines is 2. The van der Waals surface area contributed by atoms with Crippen molar-refractivity contribution in [2.75, 3.05) is 11.1 Å². The number of nitrogens with zero attached hydrogens (tertiary/aromatic N) is 5. The lowest BCUT2D eigenvalue weighted by Gasteiger charge is -2.20. The molecule has 1 aliphatic heterocycles. The predicted octanol–water partition coefficient (Wildman–Crippen LogP) is 5.56. The van der Waals surface area contributed by atoms with E-state index in [4.69, 9.17) is 17.3 Å². The van der Waals surface area contributed by atoms with Crippen LogP contribution in [-0.4, -0.2) is 41.7 Å². The van der Waals surface area contributed by atoms with Crippen LogP contribution in [0.2, 0.25) is 5.02 Å². The molecule has 0 saturated heterocycles. The molecule has 0 radical (unpaired) electrons. The maximum Gasteiger partial charge on any atom is 0.309 e. The van der Waals surface area contributed by atoms with E-state index in [9.17, 15) is 27.9 Å². The van der Waals surface area contributed by atoms with E-state index in [1.807, 2.05) is 0 Å². The summed E-state index contributed by atoms with van der Waals surface area (Å²) >= 11 is 7.41. The molecule has 0 spiro atoms. The quantitative estimate of drug-likeness (QED) is 0.196. The Hall–Kier alpha value is -4.56. The Bertz CT molecular complexity index is 2030. The molecule has 44 heavy (non-hydrogen) atoms. The number of carbonyl (C=O) groups is 2. The Morgan fingerprint density at radius 1 is 1.16 bits per heavy atom. The second-order valence-corrected chi connectivity index (χ2v) is 12.5. The molecule has 1 amide bonds. The first kappa shape index (κ1) is 29.5. The minimum absolute atomic E-state index is 0.0140. The van der Waals surface area contributed by atoms with E-state index >= 15 is 0 Å². The minimum atomic E-state index is -1.37. The Balaban J connectivity index is 1.43. The molecule has 4 heterocycles. The number of carboxylic acid groups (broad SMARTS) is 1. The molecular weight excluding hydrogens is 619 g/mol. The average Bonchev–Trinajstić information content (AvgIpc) is 3.63. The van der Waals surface area contributed by atoms with Crippen LogP contribution in [0.1, 0.15) is 42.6 Å². The summed E-state index contributed by atoms with van der Waals surface area (Å²) in [6.45, 7) is 4.34. The summed E-state index contributed by atoms with van der Waals surface area (Å²) in [5, 5.41) is 19.6. The van der Waals surface area contributed by atoms with Gasteiger partial charge in [0.1, 0.15) is 33.6 Å². The number of hydrogen-bond acceptors (Lipinski definition) is 8. The lowest BCUT2D eigenvalue weighted by molar-refractivity contribution is -0.146. The molecule has 0 fully saturated rings. The van der Waals surface area contributed by atoms with Gasteiger partial charge in [0.25, 0.3) is 0 Å². The second kappa shape index (κ2) is 10.3. The van der Waals surface area contributed by atoms with Crippen molar-refractivity contribution in [3.63, 3.8) is 0 Å². The zero-order chi connectivity index (χ0) is 31.7. The summed E-state index contributed by atoms with van der Waals surface area (Å²) in [7, 11) is 0. The Kier molecular flexibility index (Phi) is 6.89. The third-order valence-corrected chi connectivity index (χ3v) is 9.02. The van der Waals surface area contributed by atoms with Crippen LogP contribution >= 0.6 is 22.9 Å². The molecule has 1 atom stereocenters. The van der Waals surface area contributed by atoms with Crippen LogP contribution in [0.15, 0.2) is 35.7 Å².